The molecule has 4 nitrogen and oxygen atoms in total. The number of hydrogen-bond acceptors (Lipinski definition) is 4. The number of aromatic hydroxyl groups is 1. The summed E-state index contributed by atoms with van der Waals surface area (Å²) in [6.07, 6.45) is 3.72. The number of rotatable bonds is 4. The van der Waals surface area contributed by atoms with Crippen molar-refractivity contribution in [3.8, 4) is 5.75 Å². The van der Waals surface area contributed by atoms with Gasteiger partial charge in [0.15, 0.2) is 0 Å². The van der Waals surface area contributed by atoms with Gasteiger partial charge in [-0.1, -0.05) is 13.0 Å². The number of aryl methyl sites for hydroxylation is 1. The third kappa shape index (κ3) is 3.57. The quantitative estimate of drug-likeness (QED) is 0.891. The zero-order valence-corrected chi connectivity index (χ0v) is 12.8. The molecule has 1 fully saturated rings. The molecule has 1 aromatic carbocycles. The number of fused-ring (bicyclic) bond motifs is 1. The minimum absolute atomic E-state index is 0.293. The summed E-state index contributed by atoms with van der Waals surface area (Å²) in [6, 6.07) is 6.19. The molecular formula is C17H26N2O2. The fourth-order valence-corrected chi connectivity index (χ4v) is 3.48. The van der Waals surface area contributed by atoms with Gasteiger partial charge >= 0.3 is 0 Å². The average Bonchev–Trinajstić information content (AvgIpc) is 2.52. The van der Waals surface area contributed by atoms with E-state index in [1.165, 1.54) is 24.0 Å². The molecule has 0 saturated carbocycles. The average molecular weight is 290 g/mol. The van der Waals surface area contributed by atoms with Crippen molar-refractivity contribution in [1.82, 2.24) is 10.2 Å². The van der Waals surface area contributed by atoms with Crippen molar-refractivity contribution in [2.24, 2.45) is 0 Å². The van der Waals surface area contributed by atoms with Gasteiger partial charge in [0.05, 0.1) is 12.7 Å². The smallest absolute Gasteiger partial charge is 0.115 e. The Morgan fingerprint density at radius 1 is 1.43 bits per heavy atom. The van der Waals surface area contributed by atoms with Crippen molar-refractivity contribution in [2.45, 2.75) is 38.3 Å². The Kier molecular flexibility index (Phi) is 4.78. The molecule has 1 saturated heterocycles. The van der Waals surface area contributed by atoms with Crippen LogP contribution in [-0.2, 0) is 11.2 Å². The molecule has 21 heavy (non-hydrogen) atoms. The van der Waals surface area contributed by atoms with Crippen LogP contribution in [0.2, 0.25) is 0 Å². The highest BCUT2D eigenvalue weighted by Crippen LogP contribution is 2.31. The fourth-order valence-electron chi connectivity index (χ4n) is 3.48. The fraction of sp³-hybridized carbons (Fsp3) is 0.647. The van der Waals surface area contributed by atoms with Gasteiger partial charge in [0.25, 0.3) is 0 Å². The van der Waals surface area contributed by atoms with E-state index in [-0.39, 0.29) is 0 Å². The van der Waals surface area contributed by atoms with Gasteiger partial charge in [0.1, 0.15) is 5.75 Å². The Labute approximate surface area is 127 Å². The van der Waals surface area contributed by atoms with Crippen LogP contribution in [0.3, 0.4) is 0 Å². The molecular weight excluding hydrogens is 264 g/mol. The van der Waals surface area contributed by atoms with Gasteiger partial charge in [0, 0.05) is 25.7 Å². The van der Waals surface area contributed by atoms with E-state index in [9.17, 15) is 5.11 Å². The van der Waals surface area contributed by atoms with Crippen LogP contribution < -0.4 is 5.32 Å². The van der Waals surface area contributed by atoms with Crippen LogP contribution in [-0.4, -0.2) is 48.9 Å². The van der Waals surface area contributed by atoms with Crippen molar-refractivity contribution in [3.63, 3.8) is 0 Å². The number of phenols is 1. The second-order valence-electron chi connectivity index (χ2n) is 6.12. The normalized spacial score (nSPS) is 26.5. The molecule has 1 aliphatic carbocycles. The zero-order valence-electron chi connectivity index (χ0n) is 12.8. The summed E-state index contributed by atoms with van der Waals surface area (Å²) in [5.74, 6) is 0.378. The van der Waals surface area contributed by atoms with Gasteiger partial charge in [0.2, 0.25) is 0 Å². The SMILES string of the molecule is CCN1CCOC(CNC2CCCc3cc(O)ccc32)C1. The maximum Gasteiger partial charge on any atom is 0.115 e. The molecule has 3 rings (SSSR count). The summed E-state index contributed by atoms with van der Waals surface area (Å²) in [7, 11) is 0. The minimum Gasteiger partial charge on any atom is -0.508 e. The lowest BCUT2D eigenvalue weighted by atomic mass is 9.87. The first-order valence-electron chi connectivity index (χ1n) is 8.15. The number of nitrogens with one attached hydrogen (secondary N) is 1. The summed E-state index contributed by atoms with van der Waals surface area (Å²) in [6.45, 7) is 7.14. The second kappa shape index (κ2) is 6.77. The van der Waals surface area contributed by atoms with Crippen LogP contribution in [0.1, 0.15) is 36.9 Å². The number of morpholine rings is 1. The summed E-state index contributed by atoms with van der Waals surface area (Å²) in [4.78, 5) is 2.45. The van der Waals surface area contributed by atoms with E-state index in [0.717, 1.165) is 39.2 Å². The van der Waals surface area contributed by atoms with Crippen LogP contribution in [0.15, 0.2) is 18.2 Å². The predicted molar refractivity (Wildman–Crippen MR) is 83.6 cm³/mol. The summed E-state index contributed by atoms with van der Waals surface area (Å²) >= 11 is 0. The first-order valence-corrected chi connectivity index (χ1v) is 8.15. The van der Waals surface area contributed by atoms with Crippen molar-refractivity contribution in [2.75, 3.05) is 32.8 Å². The number of likely N-dealkylation sites (N-methyl/N-ethyl adjacent to an activating group) is 1. The lowest BCUT2D eigenvalue weighted by molar-refractivity contribution is -0.0266. The monoisotopic (exact) mass is 290 g/mol. The number of hydrogen-bond donors (Lipinski definition) is 2. The van der Waals surface area contributed by atoms with Gasteiger partial charge < -0.3 is 15.2 Å². The first kappa shape index (κ1) is 14.8. The molecule has 2 N–H and O–H groups in total. The summed E-state index contributed by atoms with van der Waals surface area (Å²) in [5, 5.41) is 13.3. The highest BCUT2D eigenvalue weighted by Gasteiger charge is 2.23. The first-order chi connectivity index (χ1) is 10.3. The van der Waals surface area contributed by atoms with E-state index in [1.54, 1.807) is 6.07 Å². The topological polar surface area (TPSA) is 44.7 Å². The van der Waals surface area contributed by atoms with E-state index in [1.807, 2.05) is 6.07 Å². The highest BCUT2D eigenvalue weighted by atomic mass is 16.5. The molecule has 0 bridgehead atoms. The maximum atomic E-state index is 9.62. The van der Waals surface area contributed by atoms with E-state index in [4.69, 9.17) is 4.74 Å². The Balaban J connectivity index is 1.59. The number of benzene rings is 1. The van der Waals surface area contributed by atoms with E-state index >= 15 is 0 Å². The van der Waals surface area contributed by atoms with E-state index in [2.05, 4.69) is 23.2 Å². The van der Waals surface area contributed by atoms with Gasteiger partial charge in [-0.3, -0.25) is 4.90 Å². The molecule has 0 radical (unpaired) electrons. The number of nitrogens with zero attached hydrogens (tertiary/aromatic N) is 1. The molecule has 1 heterocycles. The molecule has 116 valence electrons. The van der Waals surface area contributed by atoms with Crippen LogP contribution >= 0.6 is 0 Å². The van der Waals surface area contributed by atoms with Crippen LogP contribution in [0, 0.1) is 0 Å². The van der Waals surface area contributed by atoms with Crippen LogP contribution in [0.5, 0.6) is 5.75 Å². The van der Waals surface area contributed by atoms with Gasteiger partial charge in [-0.05, 0) is 49.1 Å². The van der Waals surface area contributed by atoms with Crippen molar-refractivity contribution < 1.29 is 9.84 Å². The predicted octanol–water partition coefficient (Wildman–Crippen LogP) is 2.08. The molecule has 1 aliphatic heterocycles. The van der Waals surface area contributed by atoms with Crippen LogP contribution in [0.25, 0.3) is 0 Å². The molecule has 0 amide bonds. The Morgan fingerprint density at radius 3 is 3.19 bits per heavy atom. The summed E-state index contributed by atoms with van der Waals surface area (Å²) < 4.78 is 5.86. The molecule has 2 atom stereocenters. The second-order valence-corrected chi connectivity index (χ2v) is 6.12. The van der Waals surface area contributed by atoms with Gasteiger partial charge in [-0.2, -0.15) is 0 Å². The lowest BCUT2D eigenvalue weighted by Gasteiger charge is -2.34. The van der Waals surface area contributed by atoms with Crippen molar-refractivity contribution >= 4 is 0 Å². The minimum atomic E-state index is 0.293. The third-order valence-corrected chi connectivity index (χ3v) is 4.70. The largest absolute Gasteiger partial charge is 0.508 e. The number of phenolic OH excluding ortho intramolecular Hbond substituents is 1. The summed E-state index contributed by atoms with van der Waals surface area (Å²) in [5.41, 5.74) is 2.64. The Bertz CT molecular complexity index is 478. The maximum absolute atomic E-state index is 9.62. The Morgan fingerprint density at radius 2 is 2.33 bits per heavy atom. The van der Waals surface area contributed by atoms with Gasteiger partial charge in [-0.15, -0.1) is 0 Å². The van der Waals surface area contributed by atoms with E-state index in [0.29, 0.717) is 17.9 Å². The molecule has 4 heteroatoms. The molecule has 0 spiro atoms. The van der Waals surface area contributed by atoms with Crippen molar-refractivity contribution in [3.05, 3.63) is 29.3 Å². The molecule has 2 unspecified atom stereocenters. The zero-order chi connectivity index (χ0) is 14.7. The molecule has 1 aromatic rings. The van der Waals surface area contributed by atoms with Gasteiger partial charge in [-0.25, -0.2) is 0 Å². The van der Waals surface area contributed by atoms with Crippen molar-refractivity contribution in [1.29, 1.82) is 0 Å². The molecule has 0 aromatic heterocycles. The Hall–Kier alpha value is -1.10. The highest BCUT2D eigenvalue weighted by molar-refractivity contribution is 5.38. The lowest BCUT2D eigenvalue weighted by Crippen LogP contribution is -2.47. The number of ether oxygens (including phenoxy) is 1. The molecule has 2 aliphatic rings. The third-order valence-electron chi connectivity index (χ3n) is 4.70. The van der Waals surface area contributed by atoms with E-state index < -0.39 is 0 Å². The standard InChI is InChI=1S/C17H26N2O2/c1-2-19-8-9-21-15(12-19)11-18-17-5-3-4-13-10-14(20)6-7-16(13)17/h6-7,10,15,17-18,20H,2-5,8-9,11-12H2,1H3. The van der Waals surface area contributed by atoms with Crippen LogP contribution in [0.4, 0.5) is 0 Å².